The summed E-state index contributed by atoms with van der Waals surface area (Å²) in [6.45, 7) is 3.01. The van der Waals surface area contributed by atoms with E-state index >= 15 is 0 Å². The van der Waals surface area contributed by atoms with Crippen LogP contribution >= 0.6 is 0 Å². The van der Waals surface area contributed by atoms with Gasteiger partial charge in [0.15, 0.2) is 0 Å². The van der Waals surface area contributed by atoms with Crippen LogP contribution in [0.15, 0.2) is 36.4 Å². The quantitative estimate of drug-likeness (QED) is 0.477. The van der Waals surface area contributed by atoms with E-state index in [1.807, 2.05) is 24.3 Å². The number of methoxy groups -OCH3 is 2. The number of hydrogen-bond acceptors (Lipinski definition) is 6. The molecule has 2 heterocycles. The molecule has 0 aromatic heterocycles. The van der Waals surface area contributed by atoms with Gasteiger partial charge in [-0.1, -0.05) is 24.3 Å². The molecule has 0 saturated carbocycles. The van der Waals surface area contributed by atoms with Crippen LogP contribution in [0.25, 0.3) is 0 Å². The number of likely N-dealkylation sites (tertiary alicyclic amines) is 1. The van der Waals surface area contributed by atoms with E-state index in [-0.39, 0.29) is 24.9 Å². The first-order valence-electron chi connectivity index (χ1n) is 11.6. The Morgan fingerprint density at radius 1 is 1.19 bits per heavy atom. The summed E-state index contributed by atoms with van der Waals surface area (Å²) in [5.74, 6) is 0.471. The Labute approximate surface area is 190 Å². The molecule has 1 spiro atoms. The standard InChI is InChI=1S/C25H34N2O5/c1-30-21-10-6-9-20(15-21)18-32-27-23(28)16-22(24(29)31-2)25(27)11-13-26(14-12-25)17-19-7-4-3-5-8-19/h3-4,6,9-10,15,19,22H,5,7-8,11-14,16-18H2,1-2H3/t19-,22-/m0/s1. The molecule has 2 saturated heterocycles. The molecule has 1 aliphatic carbocycles. The molecule has 2 fully saturated rings. The van der Waals surface area contributed by atoms with Gasteiger partial charge in [0.1, 0.15) is 12.4 Å². The smallest absolute Gasteiger partial charge is 0.311 e. The number of rotatable bonds is 7. The highest BCUT2D eigenvalue weighted by atomic mass is 16.7. The van der Waals surface area contributed by atoms with Gasteiger partial charge in [-0.2, -0.15) is 0 Å². The molecule has 7 nitrogen and oxygen atoms in total. The zero-order valence-corrected chi connectivity index (χ0v) is 19.1. The summed E-state index contributed by atoms with van der Waals surface area (Å²) in [5.41, 5.74) is 0.267. The van der Waals surface area contributed by atoms with Crippen LogP contribution in [0, 0.1) is 11.8 Å². The monoisotopic (exact) mass is 442 g/mol. The number of allylic oxidation sites excluding steroid dienone is 2. The molecule has 3 aliphatic rings. The lowest BCUT2D eigenvalue weighted by Gasteiger charge is -2.46. The minimum Gasteiger partial charge on any atom is -0.497 e. The average molecular weight is 443 g/mol. The Bertz CT molecular complexity index is 846. The van der Waals surface area contributed by atoms with Gasteiger partial charge in [0, 0.05) is 26.1 Å². The van der Waals surface area contributed by atoms with Crippen molar-refractivity contribution < 1.29 is 23.9 Å². The molecule has 0 N–H and O–H groups in total. The van der Waals surface area contributed by atoms with Crippen molar-refractivity contribution >= 4 is 11.9 Å². The van der Waals surface area contributed by atoms with Crippen LogP contribution in [0.1, 0.15) is 44.1 Å². The molecule has 1 amide bonds. The summed E-state index contributed by atoms with van der Waals surface area (Å²) in [7, 11) is 3.02. The van der Waals surface area contributed by atoms with Gasteiger partial charge in [0.25, 0.3) is 0 Å². The Morgan fingerprint density at radius 2 is 2.00 bits per heavy atom. The first kappa shape index (κ1) is 22.8. The molecule has 1 aromatic carbocycles. The van der Waals surface area contributed by atoms with E-state index in [1.165, 1.54) is 18.6 Å². The molecule has 0 unspecified atom stereocenters. The van der Waals surface area contributed by atoms with Crippen molar-refractivity contribution in [1.29, 1.82) is 0 Å². The molecule has 2 atom stereocenters. The first-order chi connectivity index (χ1) is 15.6. The normalized spacial score (nSPS) is 25.3. The summed E-state index contributed by atoms with van der Waals surface area (Å²) >= 11 is 0. The maximum absolute atomic E-state index is 13.0. The molecule has 2 aliphatic heterocycles. The molecule has 0 bridgehead atoms. The van der Waals surface area contributed by atoms with Crippen LogP contribution in [-0.4, -0.2) is 61.2 Å². The van der Waals surface area contributed by atoms with Crippen molar-refractivity contribution in [2.24, 2.45) is 11.8 Å². The number of hydroxylamine groups is 2. The van der Waals surface area contributed by atoms with E-state index in [0.717, 1.165) is 43.8 Å². The third-order valence-electron chi connectivity index (χ3n) is 7.25. The fraction of sp³-hybridized carbons (Fsp3) is 0.600. The van der Waals surface area contributed by atoms with Crippen molar-refractivity contribution in [2.75, 3.05) is 33.9 Å². The second-order valence-corrected chi connectivity index (χ2v) is 9.15. The second-order valence-electron chi connectivity index (χ2n) is 9.15. The Kier molecular flexibility index (Phi) is 7.16. The van der Waals surface area contributed by atoms with Crippen molar-refractivity contribution in [3.8, 4) is 5.75 Å². The third kappa shape index (κ3) is 4.69. The number of carbonyl (C=O) groups excluding carboxylic acids is 2. The van der Waals surface area contributed by atoms with E-state index in [2.05, 4.69) is 17.1 Å². The largest absolute Gasteiger partial charge is 0.497 e. The van der Waals surface area contributed by atoms with Gasteiger partial charge in [-0.25, -0.2) is 5.06 Å². The van der Waals surface area contributed by atoms with Crippen LogP contribution in [0.3, 0.4) is 0 Å². The Hall–Kier alpha value is -2.38. The number of hydrogen-bond donors (Lipinski definition) is 0. The minimum atomic E-state index is -0.647. The van der Waals surface area contributed by atoms with Gasteiger partial charge in [0.2, 0.25) is 5.91 Å². The molecular formula is C25H34N2O5. The summed E-state index contributed by atoms with van der Waals surface area (Å²) in [6, 6.07) is 7.60. The highest BCUT2D eigenvalue weighted by Gasteiger charge is 2.58. The highest BCUT2D eigenvalue weighted by Crippen LogP contribution is 2.45. The van der Waals surface area contributed by atoms with Crippen LogP contribution in [0.5, 0.6) is 5.75 Å². The van der Waals surface area contributed by atoms with E-state index in [9.17, 15) is 9.59 Å². The number of benzene rings is 1. The van der Waals surface area contributed by atoms with Crippen LogP contribution in [0.2, 0.25) is 0 Å². The van der Waals surface area contributed by atoms with Gasteiger partial charge in [-0.05, 0) is 55.7 Å². The molecule has 174 valence electrons. The third-order valence-corrected chi connectivity index (χ3v) is 7.25. The average Bonchev–Trinajstić information content (AvgIpc) is 3.10. The van der Waals surface area contributed by atoms with Gasteiger partial charge in [0.05, 0.1) is 25.7 Å². The molecular weight excluding hydrogens is 408 g/mol. The number of ether oxygens (including phenoxy) is 2. The number of amides is 1. The second kappa shape index (κ2) is 10.0. The van der Waals surface area contributed by atoms with Crippen LogP contribution < -0.4 is 4.74 Å². The fourth-order valence-electron chi connectivity index (χ4n) is 5.45. The lowest BCUT2D eigenvalue weighted by atomic mass is 9.77. The maximum atomic E-state index is 13.0. The van der Waals surface area contributed by atoms with E-state index in [4.69, 9.17) is 14.3 Å². The SMILES string of the molecule is COC(=O)[C@@H]1CC(=O)N(OCc2cccc(OC)c2)C12CCN(C[C@H]1CC=CCC1)CC2. The van der Waals surface area contributed by atoms with Crippen molar-refractivity contribution in [2.45, 2.75) is 50.7 Å². The summed E-state index contributed by atoms with van der Waals surface area (Å²) < 4.78 is 10.4. The topological polar surface area (TPSA) is 68.3 Å². The number of piperidine rings is 1. The van der Waals surface area contributed by atoms with Gasteiger partial charge < -0.3 is 14.4 Å². The molecule has 7 heteroatoms. The Morgan fingerprint density at radius 3 is 2.69 bits per heavy atom. The van der Waals surface area contributed by atoms with E-state index in [0.29, 0.717) is 18.8 Å². The lowest BCUT2D eigenvalue weighted by Crippen LogP contribution is -2.57. The zero-order valence-electron chi connectivity index (χ0n) is 19.1. The Balaban J connectivity index is 1.47. The van der Waals surface area contributed by atoms with Crippen molar-refractivity contribution in [1.82, 2.24) is 9.96 Å². The number of carbonyl (C=O) groups is 2. The minimum absolute atomic E-state index is 0.137. The predicted octanol–water partition coefficient (Wildman–Crippen LogP) is 3.34. The maximum Gasteiger partial charge on any atom is 0.311 e. The van der Waals surface area contributed by atoms with Gasteiger partial charge >= 0.3 is 5.97 Å². The zero-order chi connectivity index (χ0) is 22.6. The van der Waals surface area contributed by atoms with E-state index in [1.54, 1.807) is 7.11 Å². The van der Waals surface area contributed by atoms with Crippen molar-refractivity contribution in [3.05, 3.63) is 42.0 Å². The molecule has 4 rings (SSSR count). The van der Waals surface area contributed by atoms with Gasteiger partial charge in [-0.15, -0.1) is 0 Å². The molecule has 1 aromatic rings. The summed E-state index contributed by atoms with van der Waals surface area (Å²) in [6.07, 6.45) is 9.64. The molecule has 32 heavy (non-hydrogen) atoms. The van der Waals surface area contributed by atoms with Crippen molar-refractivity contribution in [3.63, 3.8) is 0 Å². The molecule has 0 radical (unpaired) electrons. The summed E-state index contributed by atoms with van der Waals surface area (Å²) in [4.78, 5) is 34.2. The number of nitrogens with zero attached hydrogens (tertiary/aromatic N) is 2. The fourth-order valence-corrected chi connectivity index (χ4v) is 5.45. The van der Waals surface area contributed by atoms with Crippen LogP contribution in [-0.2, 0) is 25.8 Å². The van der Waals surface area contributed by atoms with Gasteiger partial charge in [-0.3, -0.25) is 14.4 Å². The van der Waals surface area contributed by atoms with Crippen LogP contribution in [0.4, 0.5) is 0 Å². The summed E-state index contributed by atoms with van der Waals surface area (Å²) in [5, 5.41) is 1.51. The van der Waals surface area contributed by atoms with E-state index < -0.39 is 11.5 Å². The highest BCUT2D eigenvalue weighted by molar-refractivity contribution is 5.88. The lowest BCUT2D eigenvalue weighted by molar-refractivity contribution is -0.229. The number of esters is 1. The predicted molar refractivity (Wildman–Crippen MR) is 120 cm³/mol. The first-order valence-corrected chi connectivity index (χ1v) is 11.6.